The highest BCUT2D eigenvalue weighted by molar-refractivity contribution is 6.31. The van der Waals surface area contributed by atoms with E-state index in [4.69, 9.17) is 11.6 Å². The van der Waals surface area contributed by atoms with Crippen LogP contribution in [0, 0.1) is 30.6 Å². The third-order valence-electron chi connectivity index (χ3n) is 4.57. The number of anilines is 1. The van der Waals surface area contributed by atoms with Crippen LogP contribution >= 0.6 is 11.6 Å². The Morgan fingerprint density at radius 2 is 1.90 bits per heavy atom. The van der Waals surface area contributed by atoms with Gasteiger partial charge in [0.15, 0.2) is 0 Å². The Labute approximate surface area is 127 Å². The molecular weight excluding hydrogens is 290 g/mol. The molecule has 0 heterocycles. The van der Waals surface area contributed by atoms with Crippen molar-refractivity contribution in [1.29, 1.82) is 0 Å². The molecule has 21 heavy (non-hydrogen) atoms. The number of fused-ring (bicyclic) bond motifs is 2. The molecule has 5 heteroatoms. The minimum Gasteiger partial charge on any atom is -0.481 e. The number of hydrogen-bond acceptors (Lipinski definition) is 2. The maximum absolute atomic E-state index is 12.5. The molecule has 2 bridgehead atoms. The SMILES string of the molecule is Cc1c(Cl)cccc1NC(=O)[C@H]1[C@H](C(=O)O)[C@H]2C=C[C@H]1C2. The molecule has 1 aromatic rings. The first-order valence-corrected chi connectivity index (χ1v) is 7.34. The average Bonchev–Trinajstić information content (AvgIpc) is 3.04. The number of allylic oxidation sites excluding steroid dienone is 2. The van der Waals surface area contributed by atoms with E-state index in [2.05, 4.69) is 5.32 Å². The molecule has 0 radical (unpaired) electrons. The van der Waals surface area contributed by atoms with E-state index in [1.54, 1.807) is 18.2 Å². The summed E-state index contributed by atoms with van der Waals surface area (Å²) < 4.78 is 0. The van der Waals surface area contributed by atoms with Gasteiger partial charge in [0.25, 0.3) is 0 Å². The molecule has 0 spiro atoms. The first-order chi connectivity index (χ1) is 9.99. The van der Waals surface area contributed by atoms with Gasteiger partial charge >= 0.3 is 5.97 Å². The monoisotopic (exact) mass is 305 g/mol. The molecule has 2 aliphatic rings. The summed E-state index contributed by atoms with van der Waals surface area (Å²) in [6, 6.07) is 5.30. The molecule has 0 unspecified atom stereocenters. The van der Waals surface area contributed by atoms with Gasteiger partial charge in [0.2, 0.25) is 5.91 Å². The smallest absolute Gasteiger partial charge is 0.307 e. The van der Waals surface area contributed by atoms with Gasteiger partial charge in [0.05, 0.1) is 11.8 Å². The molecular formula is C16H16ClNO3. The van der Waals surface area contributed by atoms with Crippen LogP contribution < -0.4 is 5.32 Å². The van der Waals surface area contributed by atoms with Crippen LogP contribution in [0.1, 0.15) is 12.0 Å². The maximum Gasteiger partial charge on any atom is 0.307 e. The summed E-state index contributed by atoms with van der Waals surface area (Å²) in [5, 5.41) is 12.8. The van der Waals surface area contributed by atoms with Gasteiger partial charge in [-0.15, -0.1) is 0 Å². The normalized spacial score (nSPS) is 29.6. The second-order valence-electron chi connectivity index (χ2n) is 5.74. The number of carboxylic acid groups (broad SMARTS) is 1. The van der Waals surface area contributed by atoms with Gasteiger partial charge in [0, 0.05) is 10.7 Å². The molecule has 0 saturated heterocycles. The quantitative estimate of drug-likeness (QED) is 0.843. The molecule has 110 valence electrons. The highest BCUT2D eigenvalue weighted by Crippen LogP contribution is 2.48. The number of carbonyl (C=O) groups excluding carboxylic acids is 1. The lowest BCUT2D eigenvalue weighted by Gasteiger charge is -2.24. The third-order valence-corrected chi connectivity index (χ3v) is 4.98. The zero-order chi connectivity index (χ0) is 15.1. The van der Waals surface area contributed by atoms with Crippen LogP contribution in [-0.4, -0.2) is 17.0 Å². The van der Waals surface area contributed by atoms with Crippen molar-refractivity contribution in [2.45, 2.75) is 13.3 Å². The van der Waals surface area contributed by atoms with E-state index in [9.17, 15) is 14.7 Å². The predicted octanol–water partition coefficient (Wildman–Crippen LogP) is 3.11. The van der Waals surface area contributed by atoms with Crippen LogP contribution in [0.2, 0.25) is 5.02 Å². The highest BCUT2D eigenvalue weighted by atomic mass is 35.5. The Morgan fingerprint density at radius 1 is 1.24 bits per heavy atom. The number of nitrogens with one attached hydrogen (secondary N) is 1. The number of amides is 1. The van der Waals surface area contributed by atoms with Gasteiger partial charge in [-0.05, 0) is 42.9 Å². The number of aliphatic carboxylic acids is 1. The van der Waals surface area contributed by atoms with Gasteiger partial charge < -0.3 is 10.4 Å². The Morgan fingerprint density at radius 3 is 2.57 bits per heavy atom. The molecule has 4 atom stereocenters. The zero-order valence-electron chi connectivity index (χ0n) is 11.5. The standard InChI is InChI=1S/C16H16ClNO3/c1-8-11(17)3-2-4-12(8)18-15(19)13-9-5-6-10(7-9)14(13)16(20)21/h2-6,9-10,13-14H,7H2,1H3,(H,18,19)(H,20,21)/t9-,10-,13+,14+/m0/s1. The summed E-state index contributed by atoms with van der Waals surface area (Å²) in [7, 11) is 0. The van der Waals surface area contributed by atoms with Crippen molar-refractivity contribution >= 4 is 29.2 Å². The Bertz CT molecular complexity index is 640. The summed E-state index contributed by atoms with van der Waals surface area (Å²) >= 11 is 6.04. The lowest BCUT2D eigenvalue weighted by atomic mass is 9.82. The summed E-state index contributed by atoms with van der Waals surface area (Å²) in [4.78, 5) is 24.0. The van der Waals surface area contributed by atoms with Crippen LogP contribution in [0.15, 0.2) is 30.4 Å². The predicted molar refractivity (Wildman–Crippen MR) is 80.2 cm³/mol. The number of carbonyl (C=O) groups is 2. The molecule has 0 aliphatic heterocycles. The molecule has 1 aromatic carbocycles. The van der Waals surface area contributed by atoms with Gasteiger partial charge in [-0.3, -0.25) is 9.59 Å². The van der Waals surface area contributed by atoms with Crippen molar-refractivity contribution in [3.63, 3.8) is 0 Å². The average molecular weight is 306 g/mol. The first kappa shape index (κ1) is 14.1. The Kier molecular flexibility index (Phi) is 3.49. The van der Waals surface area contributed by atoms with Gasteiger partial charge in [-0.25, -0.2) is 0 Å². The van der Waals surface area contributed by atoms with Crippen molar-refractivity contribution in [1.82, 2.24) is 0 Å². The van der Waals surface area contributed by atoms with E-state index in [1.807, 2.05) is 19.1 Å². The minimum absolute atomic E-state index is 0.0237. The third kappa shape index (κ3) is 2.33. The Balaban J connectivity index is 1.84. The molecule has 4 nitrogen and oxygen atoms in total. The minimum atomic E-state index is -0.894. The van der Waals surface area contributed by atoms with Crippen LogP contribution in [0.25, 0.3) is 0 Å². The molecule has 0 aromatic heterocycles. The van der Waals surface area contributed by atoms with Gasteiger partial charge in [-0.2, -0.15) is 0 Å². The lowest BCUT2D eigenvalue weighted by Crippen LogP contribution is -2.36. The fourth-order valence-electron chi connectivity index (χ4n) is 3.48. The molecule has 1 amide bonds. The van der Waals surface area contributed by atoms with Crippen LogP contribution in [0.4, 0.5) is 5.69 Å². The van der Waals surface area contributed by atoms with Crippen molar-refractivity contribution in [3.8, 4) is 0 Å². The number of benzene rings is 1. The lowest BCUT2D eigenvalue weighted by molar-refractivity contribution is -0.146. The molecule has 3 rings (SSSR count). The fourth-order valence-corrected chi connectivity index (χ4v) is 3.65. The van der Waals surface area contributed by atoms with Gasteiger partial charge in [-0.1, -0.05) is 29.8 Å². The molecule has 2 aliphatic carbocycles. The van der Waals surface area contributed by atoms with Crippen molar-refractivity contribution in [2.75, 3.05) is 5.32 Å². The largest absolute Gasteiger partial charge is 0.481 e. The summed E-state index contributed by atoms with van der Waals surface area (Å²) in [5.41, 5.74) is 1.43. The second-order valence-corrected chi connectivity index (χ2v) is 6.15. The zero-order valence-corrected chi connectivity index (χ0v) is 12.3. The molecule has 2 N–H and O–H groups in total. The Hall–Kier alpha value is -1.81. The second kappa shape index (κ2) is 5.19. The summed E-state index contributed by atoms with van der Waals surface area (Å²) in [6.07, 6.45) is 4.65. The van der Waals surface area contributed by atoms with E-state index in [0.29, 0.717) is 10.7 Å². The van der Waals surface area contributed by atoms with Crippen molar-refractivity contribution in [2.24, 2.45) is 23.7 Å². The van der Waals surface area contributed by atoms with Crippen LogP contribution in [0.5, 0.6) is 0 Å². The highest BCUT2D eigenvalue weighted by Gasteiger charge is 2.51. The summed E-state index contributed by atoms with van der Waals surface area (Å²) in [5.74, 6) is -2.26. The maximum atomic E-state index is 12.5. The van der Waals surface area contributed by atoms with E-state index in [-0.39, 0.29) is 17.7 Å². The van der Waals surface area contributed by atoms with E-state index in [0.717, 1.165) is 12.0 Å². The topological polar surface area (TPSA) is 66.4 Å². The number of carboxylic acids is 1. The number of halogens is 1. The number of rotatable bonds is 3. The van der Waals surface area contributed by atoms with Gasteiger partial charge in [0.1, 0.15) is 0 Å². The van der Waals surface area contributed by atoms with Crippen LogP contribution in [-0.2, 0) is 9.59 Å². The van der Waals surface area contributed by atoms with E-state index >= 15 is 0 Å². The number of hydrogen-bond donors (Lipinski definition) is 2. The summed E-state index contributed by atoms with van der Waals surface area (Å²) in [6.45, 7) is 1.83. The van der Waals surface area contributed by atoms with Crippen molar-refractivity contribution in [3.05, 3.63) is 40.9 Å². The van der Waals surface area contributed by atoms with Crippen molar-refractivity contribution < 1.29 is 14.7 Å². The van der Waals surface area contributed by atoms with E-state index < -0.39 is 17.8 Å². The molecule has 1 fully saturated rings. The fraction of sp³-hybridized carbons (Fsp3) is 0.375. The first-order valence-electron chi connectivity index (χ1n) is 6.96. The van der Waals surface area contributed by atoms with Crippen LogP contribution in [0.3, 0.4) is 0 Å². The van der Waals surface area contributed by atoms with E-state index in [1.165, 1.54) is 0 Å². The molecule has 1 saturated carbocycles.